The molecule has 0 heterocycles. The first-order chi connectivity index (χ1) is 9.92. The van der Waals surface area contributed by atoms with Gasteiger partial charge in [-0.1, -0.05) is 65.0 Å². The monoisotopic (exact) mass is 304 g/mol. The fraction of sp³-hybridized carbons (Fsp3) is 0.647. The Morgan fingerprint density at radius 1 is 0.905 bits per heavy atom. The molecule has 0 aliphatic rings. The molecule has 0 radical (unpaired) electrons. The molecule has 0 saturated heterocycles. The van der Waals surface area contributed by atoms with Crippen molar-refractivity contribution in [2.24, 2.45) is 0 Å². The molecule has 1 rings (SSSR count). The van der Waals surface area contributed by atoms with Gasteiger partial charge in [0.05, 0.1) is 0 Å². The summed E-state index contributed by atoms with van der Waals surface area (Å²) < 4.78 is 39.5. The number of benzene rings is 1. The standard InChI is InChI=1S/C11H13F3O.C6H14/c1-2-3-5-9-6-4-7-10(8-9)15-11(12,13)14;1-3-5-6-4-2/h4,6-8H,2-3,5H2,1H3;3-6H2,1-2H3. The van der Waals surface area contributed by atoms with Crippen LogP contribution < -0.4 is 4.74 Å². The lowest BCUT2D eigenvalue weighted by molar-refractivity contribution is -0.274. The van der Waals surface area contributed by atoms with E-state index in [2.05, 4.69) is 18.6 Å². The lowest BCUT2D eigenvalue weighted by Crippen LogP contribution is -2.17. The fourth-order valence-electron chi connectivity index (χ4n) is 1.78. The average Bonchev–Trinajstić information content (AvgIpc) is 2.42. The highest BCUT2D eigenvalue weighted by Gasteiger charge is 2.30. The van der Waals surface area contributed by atoms with Crippen molar-refractivity contribution >= 4 is 0 Å². The third-order valence-corrected chi connectivity index (χ3v) is 2.91. The van der Waals surface area contributed by atoms with E-state index in [1.807, 2.05) is 6.92 Å². The van der Waals surface area contributed by atoms with Gasteiger partial charge < -0.3 is 4.74 Å². The highest BCUT2D eigenvalue weighted by molar-refractivity contribution is 5.28. The fourth-order valence-corrected chi connectivity index (χ4v) is 1.78. The van der Waals surface area contributed by atoms with Gasteiger partial charge >= 0.3 is 6.36 Å². The van der Waals surface area contributed by atoms with Gasteiger partial charge in [-0.15, -0.1) is 13.2 Å². The highest BCUT2D eigenvalue weighted by atomic mass is 19.4. The van der Waals surface area contributed by atoms with Gasteiger partial charge in [-0.3, -0.25) is 0 Å². The van der Waals surface area contributed by atoms with Crippen molar-refractivity contribution < 1.29 is 17.9 Å². The van der Waals surface area contributed by atoms with E-state index < -0.39 is 6.36 Å². The van der Waals surface area contributed by atoms with E-state index in [4.69, 9.17) is 0 Å². The zero-order chi connectivity index (χ0) is 16.1. The van der Waals surface area contributed by atoms with E-state index in [9.17, 15) is 13.2 Å². The molecule has 0 saturated carbocycles. The van der Waals surface area contributed by atoms with Crippen LogP contribution >= 0.6 is 0 Å². The largest absolute Gasteiger partial charge is 0.573 e. The molecule has 0 amide bonds. The van der Waals surface area contributed by atoms with Crippen LogP contribution in [0.2, 0.25) is 0 Å². The van der Waals surface area contributed by atoms with Crippen LogP contribution in [-0.2, 0) is 6.42 Å². The number of hydrogen-bond donors (Lipinski definition) is 0. The summed E-state index contributed by atoms with van der Waals surface area (Å²) in [5.74, 6) is -0.142. The summed E-state index contributed by atoms with van der Waals surface area (Å²) in [6.07, 6.45) is 3.70. The van der Waals surface area contributed by atoms with Crippen molar-refractivity contribution in [1.82, 2.24) is 0 Å². The van der Waals surface area contributed by atoms with Crippen molar-refractivity contribution in [1.29, 1.82) is 0 Å². The molecule has 1 aromatic rings. The maximum Gasteiger partial charge on any atom is 0.573 e. The molecular weight excluding hydrogens is 277 g/mol. The first-order valence-electron chi connectivity index (χ1n) is 7.77. The Labute approximate surface area is 126 Å². The molecule has 0 aromatic heterocycles. The Hall–Kier alpha value is -1.19. The smallest absolute Gasteiger partial charge is 0.406 e. The zero-order valence-electron chi connectivity index (χ0n) is 13.3. The number of ether oxygens (including phenoxy) is 1. The van der Waals surface area contributed by atoms with Crippen molar-refractivity contribution in [3.8, 4) is 5.75 Å². The van der Waals surface area contributed by atoms with Crippen LogP contribution in [0.25, 0.3) is 0 Å². The number of aryl methyl sites for hydroxylation is 1. The minimum absolute atomic E-state index is 0.142. The van der Waals surface area contributed by atoms with Crippen molar-refractivity contribution in [2.75, 3.05) is 0 Å². The van der Waals surface area contributed by atoms with Crippen molar-refractivity contribution in [2.45, 2.75) is 72.1 Å². The summed E-state index contributed by atoms with van der Waals surface area (Å²) >= 11 is 0. The summed E-state index contributed by atoms with van der Waals surface area (Å²) in [7, 11) is 0. The van der Waals surface area contributed by atoms with E-state index in [0.717, 1.165) is 24.8 Å². The Bertz CT molecular complexity index is 357. The van der Waals surface area contributed by atoms with E-state index in [-0.39, 0.29) is 5.75 Å². The second kappa shape index (κ2) is 11.5. The summed E-state index contributed by atoms with van der Waals surface area (Å²) in [5, 5.41) is 0. The summed E-state index contributed by atoms with van der Waals surface area (Å²) in [5.41, 5.74) is 0.874. The van der Waals surface area contributed by atoms with Gasteiger partial charge in [-0.2, -0.15) is 0 Å². The molecule has 4 heteroatoms. The summed E-state index contributed by atoms with van der Waals surface area (Å²) in [6, 6.07) is 6.12. The maximum atomic E-state index is 11.9. The molecule has 0 fully saturated rings. The van der Waals surface area contributed by atoms with E-state index in [1.54, 1.807) is 12.1 Å². The first-order valence-corrected chi connectivity index (χ1v) is 7.77. The van der Waals surface area contributed by atoms with Crippen LogP contribution in [0, 0.1) is 0 Å². The molecule has 0 spiro atoms. The van der Waals surface area contributed by atoms with Gasteiger partial charge in [0.15, 0.2) is 0 Å². The van der Waals surface area contributed by atoms with Crippen LogP contribution in [0.4, 0.5) is 13.2 Å². The van der Waals surface area contributed by atoms with E-state index in [0.29, 0.717) is 0 Å². The molecule has 122 valence electrons. The zero-order valence-corrected chi connectivity index (χ0v) is 13.3. The number of hydrogen-bond acceptors (Lipinski definition) is 1. The molecule has 21 heavy (non-hydrogen) atoms. The minimum atomic E-state index is -4.61. The first kappa shape index (κ1) is 19.8. The van der Waals surface area contributed by atoms with Gasteiger partial charge in [0.25, 0.3) is 0 Å². The normalized spacial score (nSPS) is 10.8. The predicted octanol–water partition coefficient (Wildman–Crippen LogP) is 6.51. The van der Waals surface area contributed by atoms with Gasteiger partial charge in [0.1, 0.15) is 5.75 Å². The van der Waals surface area contributed by atoms with Crippen LogP contribution in [0.15, 0.2) is 24.3 Å². The number of unbranched alkanes of at least 4 members (excludes halogenated alkanes) is 4. The lowest BCUT2D eigenvalue weighted by atomic mass is 10.1. The third-order valence-electron chi connectivity index (χ3n) is 2.91. The van der Waals surface area contributed by atoms with Crippen LogP contribution in [0.1, 0.15) is 64.9 Å². The quantitative estimate of drug-likeness (QED) is 0.521. The van der Waals surface area contributed by atoms with Gasteiger partial charge in [0.2, 0.25) is 0 Å². The Balaban J connectivity index is 0.000000567. The van der Waals surface area contributed by atoms with Gasteiger partial charge in [0, 0.05) is 0 Å². The molecule has 0 atom stereocenters. The summed E-state index contributed by atoms with van der Waals surface area (Å²) in [6.45, 7) is 6.50. The van der Waals surface area contributed by atoms with Crippen LogP contribution in [0.3, 0.4) is 0 Å². The Morgan fingerprint density at radius 2 is 1.48 bits per heavy atom. The highest BCUT2D eigenvalue weighted by Crippen LogP contribution is 2.23. The Morgan fingerprint density at radius 3 is 1.95 bits per heavy atom. The molecule has 0 bridgehead atoms. The molecular formula is C17H27F3O. The Kier molecular flexibility index (Phi) is 10.8. The minimum Gasteiger partial charge on any atom is -0.406 e. The van der Waals surface area contributed by atoms with Crippen LogP contribution in [0.5, 0.6) is 5.75 Å². The molecule has 0 aliphatic heterocycles. The number of rotatable bonds is 7. The van der Waals surface area contributed by atoms with Crippen LogP contribution in [-0.4, -0.2) is 6.36 Å². The predicted molar refractivity (Wildman–Crippen MR) is 81.6 cm³/mol. The van der Waals surface area contributed by atoms with E-state index >= 15 is 0 Å². The number of alkyl halides is 3. The number of halogens is 3. The molecule has 0 N–H and O–H groups in total. The molecule has 1 aromatic carbocycles. The second-order valence-corrected chi connectivity index (χ2v) is 5.01. The van der Waals surface area contributed by atoms with E-state index in [1.165, 1.54) is 37.8 Å². The average molecular weight is 304 g/mol. The third kappa shape index (κ3) is 12.3. The lowest BCUT2D eigenvalue weighted by Gasteiger charge is -2.09. The summed E-state index contributed by atoms with van der Waals surface area (Å²) in [4.78, 5) is 0. The SMILES string of the molecule is CCCCCC.CCCCc1cccc(OC(F)(F)F)c1. The van der Waals surface area contributed by atoms with Crippen molar-refractivity contribution in [3.05, 3.63) is 29.8 Å². The molecule has 0 unspecified atom stereocenters. The topological polar surface area (TPSA) is 9.23 Å². The molecule has 1 nitrogen and oxygen atoms in total. The van der Waals surface area contributed by atoms with Gasteiger partial charge in [-0.25, -0.2) is 0 Å². The van der Waals surface area contributed by atoms with Crippen molar-refractivity contribution in [3.63, 3.8) is 0 Å². The maximum absolute atomic E-state index is 11.9. The second-order valence-electron chi connectivity index (χ2n) is 5.01. The molecule has 0 aliphatic carbocycles. The van der Waals surface area contributed by atoms with Gasteiger partial charge in [-0.05, 0) is 30.5 Å².